The minimum atomic E-state index is -0.208. The zero-order valence-corrected chi connectivity index (χ0v) is 14.4. The topological polar surface area (TPSA) is 61.9 Å². The molecule has 6 nitrogen and oxygen atoms in total. The Balaban J connectivity index is 1.46. The Morgan fingerprint density at radius 1 is 1.04 bits per heavy atom. The van der Waals surface area contributed by atoms with Crippen LogP contribution in [0.3, 0.4) is 0 Å². The van der Waals surface area contributed by atoms with Crippen LogP contribution in [0.2, 0.25) is 0 Å². The summed E-state index contributed by atoms with van der Waals surface area (Å²) in [5, 5.41) is 3.25. The van der Waals surface area contributed by atoms with Crippen molar-refractivity contribution >= 4 is 11.9 Å². The summed E-state index contributed by atoms with van der Waals surface area (Å²) in [4.78, 5) is 28.6. The molecule has 4 rings (SSSR count). The van der Waals surface area contributed by atoms with Crippen LogP contribution < -0.4 is 5.32 Å². The molecule has 25 heavy (non-hydrogen) atoms. The molecule has 3 saturated heterocycles. The van der Waals surface area contributed by atoms with Gasteiger partial charge in [0, 0.05) is 38.5 Å². The Hall–Kier alpha value is -2.08. The van der Waals surface area contributed by atoms with Crippen LogP contribution in [0, 0.1) is 0 Å². The van der Waals surface area contributed by atoms with Crippen LogP contribution in [0.4, 0.5) is 4.79 Å². The maximum atomic E-state index is 12.7. The predicted molar refractivity (Wildman–Crippen MR) is 93.3 cm³/mol. The van der Waals surface area contributed by atoms with Crippen LogP contribution in [0.5, 0.6) is 0 Å². The number of hydrogen-bond donors (Lipinski definition) is 1. The molecule has 134 valence electrons. The summed E-state index contributed by atoms with van der Waals surface area (Å²) in [6, 6.07) is 10.4. The van der Waals surface area contributed by atoms with E-state index in [4.69, 9.17) is 4.74 Å². The number of morpholine rings is 1. The van der Waals surface area contributed by atoms with Gasteiger partial charge in [-0.05, 0) is 18.4 Å². The summed E-state index contributed by atoms with van der Waals surface area (Å²) >= 11 is 0. The molecule has 6 heteroatoms. The van der Waals surface area contributed by atoms with Crippen molar-refractivity contribution in [1.82, 2.24) is 15.1 Å². The van der Waals surface area contributed by atoms with Gasteiger partial charge in [-0.15, -0.1) is 0 Å². The lowest BCUT2D eigenvalue weighted by atomic mass is 9.74. The van der Waals surface area contributed by atoms with Gasteiger partial charge in [-0.2, -0.15) is 0 Å². The fourth-order valence-electron chi connectivity index (χ4n) is 4.44. The smallest absolute Gasteiger partial charge is 0.320 e. The number of benzene rings is 1. The molecule has 0 unspecified atom stereocenters. The summed E-state index contributed by atoms with van der Waals surface area (Å²) in [7, 11) is 0. The molecule has 3 amide bonds. The number of hydrogen-bond acceptors (Lipinski definition) is 3. The second kappa shape index (κ2) is 6.67. The molecule has 1 N–H and O–H groups in total. The normalized spacial score (nSPS) is 25.9. The van der Waals surface area contributed by atoms with E-state index >= 15 is 0 Å². The van der Waals surface area contributed by atoms with Crippen molar-refractivity contribution in [2.75, 3.05) is 39.4 Å². The van der Waals surface area contributed by atoms with Crippen LogP contribution in [-0.2, 0) is 9.53 Å². The lowest BCUT2D eigenvalue weighted by Crippen LogP contribution is -2.57. The summed E-state index contributed by atoms with van der Waals surface area (Å²) in [5.74, 6) is 0.323. The Labute approximate surface area is 148 Å². The van der Waals surface area contributed by atoms with Gasteiger partial charge in [0.05, 0.1) is 18.8 Å². The third-order valence-corrected chi connectivity index (χ3v) is 5.85. The van der Waals surface area contributed by atoms with E-state index in [1.54, 1.807) is 0 Å². The van der Waals surface area contributed by atoms with Crippen LogP contribution in [0.15, 0.2) is 30.3 Å². The van der Waals surface area contributed by atoms with Gasteiger partial charge in [0.25, 0.3) is 0 Å². The molecule has 0 aromatic heterocycles. The van der Waals surface area contributed by atoms with Crippen molar-refractivity contribution in [3.8, 4) is 0 Å². The van der Waals surface area contributed by atoms with Gasteiger partial charge < -0.3 is 19.9 Å². The Bertz CT molecular complexity index is 635. The van der Waals surface area contributed by atoms with E-state index < -0.39 is 0 Å². The first-order valence-electron chi connectivity index (χ1n) is 9.15. The first kappa shape index (κ1) is 16.4. The number of piperidine rings is 1. The molecule has 1 atom stereocenters. The molecule has 3 fully saturated rings. The molecular formula is C19H25N3O3. The number of amides is 3. The van der Waals surface area contributed by atoms with E-state index in [0.29, 0.717) is 45.8 Å². The Morgan fingerprint density at radius 3 is 2.36 bits per heavy atom. The molecule has 0 aliphatic carbocycles. The number of likely N-dealkylation sites (tertiary alicyclic amines) is 1. The van der Waals surface area contributed by atoms with Crippen molar-refractivity contribution in [1.29, 1.82) is 0 Å². The summed E-state index contributed by atoms with van der Waals surface area (Å²) in [5.41, 5.74) is 1.01. The van der Waals surface area contributed by atoms with E-state index in [2.05, 4.69) is 17.4 Å². The van der Waals surface area contributed by atoms with Crippen molar-refractivity contribution < 1.29 is 14.3 Å². The van der Waals surface area contributed by atoms with Crippen molar-refractivity contribution in [3.05, 3.63) is 35.9 Å². The molecule has 0 saturated carbocycles. The maximum absolute atomic E-state index is 12.7. The van der Waals surface area contributed by atoms with E-state index in [0.717, 1.165) is 12.8 Å². The fraction of sp³-hybridized carbons (Fsp3) is 0.579. The lowest BCUT2D eigenvalue weighted by Gasteiger charge is -2.44. The first-order chi connectivity index (χ1) is 12.2. The standard InChI is InChI=1S/C19H25N3O3/c23-17-14-16(15-4-2-1-3-5-15)19(20-17)6-8-21(9-7-19)18(24)22-10-12-25-13-11-22/h1-5,16H,6-14H2,(H,20,23)/t16-/m1/s1. The third-order valence-electron chi connectivity index (χ3n) is 5.85. The van der Waals surface area contributed by atoms with Gasteiger partial charge in [-0.25, -0.2) is 4.79 Å². The van der Waals surface area contributed by atoms with Crippen LogP contribution in [0.25, 0.3) is 0 Å². The lowest BCUT2D eigenvalue weighted by molar-refractivity contribution is -0.120. The second-order valence-electron chi connectivity index (χ2n) is 7.24. The third kappa shape index (κ3) is 3.11. The minimum Gasteiger partial charge on any atom is -0.378 e. The average Bonchev–Trinajstić information content (AvgIpc) is 2.99. The number of nitrogens with one attached hydrogen (secondary N) is 1. The summed E-state index contributed by atoms with van der Waals surface area (Å²) < 4.78 is 5.33. The van der Waals surface area contributed by atoms with Gasteiger partial charge in [0.2, 0.25) is 5.91 Å². The highest BCUT2D eigenvalue weighted by Crippen LogP contribution is 2.43. The predicted octanol–water partition coefficient (Wildman–Crippen LogP) is 1.58. The van der Waals surface area contributed by atoms with E-state index in [1.807, 2.05) is 28.0 Å². The zero-order valence-electron chi connectivity index (χ0n) is 14.4. The van der Waals surface area contributed by atoms with Crippen LogP contribution in [-0.4, -0.2) is 66.7 Å². The van der Waals surface area contributed by atoms with Gasteiger partial charge >= 0.3 is 6.03 Å². The van der Waals surface area contributed by atoms with Crippen molar-refractivity contribution in [2.24, 2.45) is 0 Å². The molecule has 0 radical (unpaired) electrons. The van der Waals surface area contributed by atoms with Crippen LogP contribution >= 0.6 is 0 Å². The van der Waals surface area contributed by atoms with E-state index in [9.17, 15) is 9.59 Å². The molecule has 3 aliphatic rings. The van der Waals surface area contributed by atoms with E-state index in [-0.39, 0.29) is 23.4 Å². The Kier molecular flexibility index (Phi) is 4.37. The highest BCUT2D eigenvalue weighted by molar-refractivity contribution is 5.82. The van der Waals surface area contributed by atoms with Crippen molar-refractivity contribution in [3.63, 3.8) is 0 Å². The molecule has 0 bridgehead atoms. The SMILES string of the molecule is O=C1C[C@H](c2ccccc2)C2(CCN(C(=O)N3CCOCC3)CC2)N1. The number of ether oxygens (including phenoxy) is 1. The molecule has 1 spiro atoms. The minimum absolute atomic E-state index is 0.110. The summed E-state index contributed by atoms with van der Waals surface area (Å²) in [6.45, 7) is 3.97. The fourth-order valence-corrected chi connectivity index (χ4v) is 4.44. The van der Waals surface area contributed by atoms with Crippen LogP contribution in [0.1, 0.15) is 30.7 Å². The second-order valence-corrected chi connectivity index (χ2v) is 7.24. The number of nitrogens with zero attached hydrogens (tertiary/aromatic N) is 2. The highest BCUT2D eigenvalue weighted by atomic mass is 16.5. The number of rotatable bonds is 1. The van der Waals surface area contributed by atoms with Crippen molar-refractivity contribution in [2.45, 2.75) is 30.7 Å². The van der Waals surface area contributed by atoms with Gasteiger partial charge in [0.15, 0.2) is 0 Å². The summed E-state index contributed by atoms with van der Waals surface area (Å²) in [6.07, 6.45) is 2.17. The maximum Gasteiger partial charge on any atom is 0.320 e. The number of urea groups is 1. The van der Waals surface area contributed by atoms with Gasteiger partial charge in [0.1, 0.15) is 0 Å². The first-order valence-corrected chi connectivity index (χ1v) is 9.15. The molecular weight excluding hydrogens is 318 g/mol. The monoisotopic (exact) mass is 343 g/mol. The Morgan fingerprint density at radius 2 is 1.68 bits per heavy atom. The molecule has 1 aromatic rings. The average molecular weight is 343 g/mol. The quantitative estimate of drug-likeness (QED) is 0.842. The van der Waals surface area contributed by atoms with E-state index in [1.165, 1.54) is 5.56 Å². The van der Waals surface area contributed by atoms with Gasteiger partial charge in [-0.3, -0.25) is 4.79 Å². The zero-order chi connectivity index (χ0) is 17.3. The highest BCUT2D eigenvalue weighted by Gasteiger charge is 2.49. The number of carbonyl (C=O) groups excluding carboxylic acids is 2. The molecule has 1 aromatic carbocycles. The van der Waals surface area contributed by atoms with Gasteiger partial charge in [-0.1, -0.05) is 30.3 Å². The largest absolute Gasteiger partial charge is 0.378 e. The molecule has 3 heterocycles. The molecule has 3 aliphatic heterocycles. The number of carbonyl (C=O) groups is 2.